The molecule has 0 bridgehead atoms. The Labute approximate surface area is 137 Å². The molecule has 0 atom stereocenters. The number of hydrogen-bond donors (Lipinski definition) is 0. The standard InChI is InChI=1S/C19H26N2O2/c22-19-21(17-9-4-5-10-18(17)23-19)14-6-13-20(16-11-12-16)15-7-2-1-3-8-15/h4-5,9-10,15-16H,1-3,6-8,11-14H2. The van der Waals surface area contributed by atoms with Crippen LogP contribution in [0, 0.1) is 0 Å². The highest BCUT2D eigenvalue weighted by molar-refractivity contribution is 5.72. The number of oxazole rings is 1. The van der Waals surface area contributed by atoms with Gasteiger partial charge in [0.15, 0.2) is 5.58 Å². The predicted octanol–water partition coefficient (Wildman–Crippen LogP) is 3.78. The fourth-order valence-corrected chi connectivity index (χ4v) is 4.12. The summed E-state index contributed by atoms with van der Waals surface area (Å²) in [6.07, 6.45) is 10.7. The molecular weight excluding hydrogens is 288 g/mol. The van der Waals surface area contributed by atoms with Crippen LogP contribution in [-0.4, -0.2) is 28.1 Å². The first kappa shape index (κ1) is 15.0. The Morgan fingerprint density at radius 2 is 1.78 bits per heavy atom. The zero-order valence-corrected chi connectivity index (χ0v) is 13.7. The smallest absolute Gasteiger partial charge is 0.408 e. The summed E-state index contributed by atoms with van der Waals surface area (Å²) in [6.45, 7) is 1.87. The molecule has 2 aliphatic rings. The van der Waals surface area contributed by atoms with Crippen LogP contribution >= 0.6 is 0 Å². The molecule has 0 unspecified atom stereocenters. The van der Waals surface area contributed by atoms with E-state index < -0.39 is 0 Å². The first-order valence-electron chi connectivity index (χ1n) is 9.17. The lowest BCUT2D eigenvalue weighted by Crippen LogP contribution is -2.39. The first-order chi connectivity index (χ1) is 11.3. The highest BCUT2D eigenvalue weighted by Crippen LogP contribution is 2.33. The molecule has 4 rings (SSSR count). The minimum atomic E-state index is -0.221. The zero-order valence-electron chi connectivity index (χ0n) is 13.7. The summed E-state index contributed by atoms with van der Waals surface area (Å²) >= 11 is 0. The van der Waals surface area contributed by atoms with Crippen molar-refractivity contribution in [2.75, 3.05) is 6.54 Å². The van der Waals surface area contributed by atoms with Crippen molar-refractivity contribution < 1.29 is 4.42 Å². The minimum Gasteiger partial charge on any atom is -0.408 e. The van der Waals surface area contributed by atoms with Gasteiger partial charge in [0.2, 0.25) is 0 Å². The van der Waals surface area contributed by atoms with Gasteiger partial charge in [-0.2, -0.15) is 0 Å². The maximum absolute atomic E-state index is 12.0. The number of nitrogens with zero attached hydrogens (tertiary/aromatic N) is 2. The number of para-hydroxylation sites is 2. The Morgan fingerprint density at radius 1 is 1.04 bits per heavy atom. The second-order valence-corrected chi connectivity index (χ2v) is 7.10. The lowest BCUT2D eigenvalue weighted by atomic mass is 9.94. The SMILES string of the molecule is O=c1oc2ccccc2n1CCCN(C1CCCCC1)C1CC1. The predicted molar refractivity (Wildman–Crippen MR) is 91.7 cm³/mol. The molecule has 2 fully saturated rings. The molecule has 2 saturated carbocycles. The molecule has 0 N–H and O–H groups in total. The Morgan fingerprint density at radius 3 is 2.57 bits per heavy atom. The van der Waals surface area contributed by atoms with Gasteiger partial charge in [-0.25, -0.2) is 4.79 Å². The number of hydrogen-bond acceptors (Lipinski definition) is 3. The maximum Gasteiger partial charge on any atom is 0.419 e. The summed E-state index contributed by atoms with van der Waals surface area (Å²) in [6, 6.07) is 9.32. The van der Waals surface area contributed by atoms with E-state index in [-0.39, 0.29) is 5.76 Å². The van der Waals surface area contributed by atoms with E-state index in [1.54, 1.807) is 4.57 Å². The molecule has 2 aliphatic carbocycles. The van der Waals surface area contributed by atoms with Gasteiger partial charge >= 0.3 is 5.76 Å². The van der Waals surface area contributed by atoms with E-state index in [0.29, 0.717) is 5.58 Å². The van der Waals surface area contributed by atoms with Crippen molar-refractivity contribution in [2.24, 2.45) is 0 Å². The van der Waals surface area contributed by atoms with E-state index in [2.05, 4.69) is 4.90 Å². The molecule has 0 radical (unpaired) electrons. The van der Waals surface area contributed by atoms with Crippen LogP contribution in [0.1, 0.15) is 51.4 Å². The van der Waals surface area contributed by atoms with E-state index in [1.165, 1.54) is 44.9 Å². The molecule has 0 saturated heterocycles. The average Bonchev–Trinajstić information content (AvgIpc) is 3.37. The number of rotatable bonds is 6. The molecule has 124 valence electrons. The van der Waals surface area contributed by atoms with Crippen LogP contribution < -0.4 is 5.76 Å². The van der Waals surface area contributed by atoms with E-state index in [1.807, 2.05) is 24.3 Å². The summed E-state index contributed by atoms with van der Waals surface area (Å²) in [5.74, 6) is -0.221. The highest BCUT2D eigenvalue weighted by Gasteiger charge is 2.33. The normalized spacial score (nSPS) is 19.7. The van der Waals surface area contributed by atoms with Crippen molar-refractivity contribution in [1.82, 2.24) is 9.47 Å². The maximum atomic E-state index is 12.0. The van der Waals surface area contributed by atoms with Crippen molar-refractivity contribution in [2.45, 2.75) is 70.0 Å². The highest BCUT2D eigenvalue weighted by atomic mass is 16.4. The number of fused-ring (bicyclic) bond motifs is 1. The van der Waals surface area contributed by atoms with E-state index >= 15 is 0 Å². The average molecular weight is 314 g/mol. The minimum absolute atomic E-state index is 0.221. The summed E-state index contributed by atoms with van der Waals surface area (Å²) in [4.78, 5) is 14.8. The summed E-state index contributed by atoms with van der Waals surface area (Å²) in [5.41, 5.74) is 1.62. The molecule has 1 aromatic carbocycles. The van der Waals surface area contributed by atoms with Crippen molar-refractivity contribution in [3.8, 4) is 0 Å². The third-order valence-electron chi connectivity index (χ3n) is 5.43. The summed E-state index contributed by atoms with van der Waals surface area (Å²) in [5, 5.41) is 0. The van der Waals surface area contributed by atoms with E-state index in [4.69, 9.17) is 4.42 Å². The van der Waals surface area contributed by atoms with Gasteiger partial charge in [-0.1, -0.05) is 31.4 Å². The molecule has 0 spiro atoms. The van der Waals surface area contributed by atoms with E-state index in [9.17, 15) is 4.79 Å². The van der Waals surface area contributed by atoms with Gasteiger partial charge in [-0.3, -0.25) is 9.47 Å². The lowest BCUT2D eigenvalue weighted by molar-refractivity contribution is 0.143. The van der Waals surface area contributed by atoms with Gasteiger partial charge in [0.05, 0.1) is 5.52 Å². The van der Waals surface area contributed by atoms with Gasteiger partial charge in [0, 0.05) is 25.2 Å². The Balaban J connectivity index is 1.41. The van der Waals surface area contributed by atoms with Crippen LogP contribution in [-0.2, 0) is 6.54 Å². The molecule has 0 aliphatic heterocycles. The number of benzene rings is 1. The van der Waals surface area contributed by atoms with Gasteiger partial charge in [-0.15, -0.1) is 0 Å². The molecule has 1 aromatic heterocycles. The van der Waals surface area contributed by atoms with Gasteiger partial charge < -0.3 is 4.42 Å². The molecular formula is C19H26N2O2. The molecule has 23 heavy (non-hydrogen) atoms. The first-order valence-corrected chi connectivity index (χ1v) is 9.17. The second-order valence-electron chi connectivity index (χ2n) is 7.10. The van der Waals surface area contributed by atoms with Gasteiger partial charge in [0.1, 0.15) is 0 Å². The van der Waals surface area contributed by atoms with Crippen LogP contribution in [0.5, 0.6) is 0 Å². The Kier molecular flexibility index (Phi) is 4.25. The Hall–Kier alpha value is -1.55. The fraction of sp³-hybridized carbons (Fsp3) is 0.632. The largest absolute Gasteiger partial charge is 0.419 e. The third-order valence-corrected chi connectivity index (χ3v) is 5.43. The molecule has 0 amide bonds. The van der Waals surface area contributed by atoms with Crippen LogP contribution in [0.3, 0.4) is 0 Å². The van der Waals surface area contributed by atoms with Crippen LogP contribution in [0.2, 0.25) is 0 Å². The van der Waals surface area contributed by atoms with Gasteiger partial charge in [-0.05, 0) is 44.2 Å². The number of aryl methyl sites for hydroxylation is 1. The van der Waals surface area contributed by atoms with Crippen LogP contribution in [0.25, 0.3) is 11.1 Å². The van der Waals surface area contributed by atoms with E-state index in [0.717, 1.165) is 37.1 Å². The molecule has 1 heterocycles. The zero-order chi connectivity index (χ0) is 15.6. The fourth-order valence-electron chi connectivity index (χ4n) is 4.12. The number of aromatic nitrogens is 1. The quantitative estimate of drug-likeness (QED) is 0.814. The molecule has 4 heteroatoms. The second kappa shape index (κ2) is 6.52. The van der Waals surface area contributed by atoms with Crippen molar-refractivity contribution in [1.29, 1.82) is 0 Å². The monoisotopic (exact) mass is 314 g/mol. The summed E-state index contributed by atoms with van der Waals surface area (Å²) in [7, 11) is 0. The van der Waals surface area contributed by atoms with Crippen molar-refractivity contribution in [3.05, 3.63) is 34.8 Å². The Bertz CT molecular complexity index is 707. The topological polar surface area (TPSA) is 38.4 Å². The van der Waals surface area contributed by atoms with Crippen LogP contribution in [0.15, 0.2) is 33.5 Å². The van der Waals surface area contributed by atoms with Crippen molar-refractivity contribution >= 4 is 11.1 Å². The third kappa shape index (κ3) is 3.23. The van der Waals surface area contributed by atoms with Gasteiger partial charge in [0.25, 0.3) is 0 Å². The summed E-state index contributed by atoms with van der Waals surface area (Å²) < 4.78 is 7.12. The molecule has 4 nitrogen and oxygen atoms in total. The van der Waals surface area contributed by atoms with Crippen molar-refractivity contribution in [3.63, 3.8) is 0 Å². The lowest BCUT2D eigenvalue weighted by Gasteiger charge is -2.34. The van der Waals surface area contributed by atoms with Crippen LogP contribution in [0.4, 0.5) is 0 Å². The molecule has 2 aromatic rings.